The zero-order chi connectivity index (χ0) is 26.8. The first-order valence-electron chi connectivity index (χ1n) is 13.5. The van der Waals surface area contributed by atoms with Crippen molar-refractivity contribution in [1.82, 2.24) is 4.90 Å². The van der Waals surface area contributed by atoms with E-state index >= 15 is 0 Å². The summed E-state index contributed by atoms with van der Waals surface area (Å²) in [5, 5.41) is 10.8. The van der Waals surface area contributed by atoms with Crippen molar-refractivity contribution in [3.8, 4) is 0 Å². The van der Waals surface area contributed by atoms with Crippen molar-refractivity contribution in [2.24, 2.45) is 0 Å². The molecule has 3 atom stereocenters. The van der Waals surface area contributed by atoms with Crippen LogP contribution >= 0.6 is 0 Å². The Balaban J connectivity index is 1.52. The van der Waals surface area contributed by atoms with Crippen molar-refractivity contribution in [2.45, 2.75) is 78.0 Å². The van der Waals surface area contributed by atoms with Gasteiger partial charge in [0.1, 0.15) is 5.82 Å². The molecule has 202 valence electrons. The average molecular weight is 512 g/mol. The van der Waals surface area contributed by atoms with Crippen LogP contribution in [0.4, 0.5) is 4.39 Å². The molecule has 0 aromatic heterocycles. The molecule has 0 spiro atoms. The van der Waals surface area contributed by atoms with Crippen molar-refractivity contribution in [3.05, 3.63) is 76.1 Å². The SMILES string of the molecule is CCOC(=O)CC/C=C/c1cc(C)ccc1[C@@H](C)OC[C@H](O)CN1CCC[C@H]1Cc1ccc(C)c(F)c1. The largest absolute Gasteiger partial charge is 0.466 e. The van der Waals surface area contributed by atoms with E-state index in [-0.39, 0.29) is 24.5 Å². The molecule has 37 heavy (non-hydrogen) atoms. The van der Waals surface area contributed by atoms with Gasteiger partial charge in [0.2, 0.25) is 0 Å². The summed E-state index contributed by atoms with van der Waals surface area (Å²) in [5.41, 5.74) is 4.91. The number of carbonyl (C=O) groups excluding carboxylic acids is 1. The van der Waals surface area contributed by atoms with Gasteiger partial charge in [-0.3, -0.25) is 9.69 Å². The van der Waals surface area contributed by atoms with Gasteiger partial charge < -0.3 is 14.6 Å². The minimum atomic E-state index is -0.605. The van der Waals surface area contributed by atoms with Crippen molar-refractivity contribution < 1.29 is 23.8 Å². The van der Waals surface area contributed by atoms with Crippen LogP contribution in [0, 0.1) is 19.7 Å². The molecule has 6 heteroatoms. The number of benzene rings is 2. The molecule has 1 heterocycles. The molecular formula is C31H42FNO4. The maximum Gasteiger partial charge on any atom is 0.306 e. The number of halogens is 1. The van der Waals surface area contributed by atoms with Crippen LogP contribution in [0.3, 0.4) is 0 Å². The number of β-amino-alcohol motifs (C(OH)–C–C–N with tert-alkyl or cyclic N) is 1. The lowest BCUT2D eigenvalue weighted by atomic mass is 10.00. The number of hydrogen-bond donors (Lipinski definition) is 1. The first kappa shape index (κ1) is 29.0. The second kappa shape index (κ2) is 14.4. The number of rotatable bonds is 13. The van der Waals surface area contributed by atoms with E-state index in [1.807, 2.05) is 45.1 Å². The molecule has 0 amide bonds. The zero-order valence-corrected chi connectivity index (χ0v) is 22.7. The number of aryl methyl sites for hydroxylation is 2. The number of esters is 1. The molecule has 1 aliphatic rings. The number of carbonyl (C=O) groups is 1. The van der Waals surface area contributed by atoms with Crippen LogP contribution in [0.2, 0.25) is 0 Å². The van der Waals surface area contributed by atoms with Gasteiger partial charge in [0, 0.05) is 19.0 Å². The van der Waals surface area contributed by atoms with Gasteiger partial charge in [-0.1, -0.05) is 48.0 Å². The molecule has 1 N–H and O–H groups in total. The summed E-state index contributed by atoms with van der Waals surface area (Å²) in [4.78, 5) is 13.9. The van der Waals surface area contributed by atoms with E-state index in [0.29, 0.717) is 37.6 Å². The fraction of sp³-hybridized carbons (Fsp3) is 0.516. The Morgan fingerprint density at radius 2 is 2.05 bits per heavy atom. The van der Waals surface area contributed by atoms with Gasteiger partial charge in [-0.05, 0) is 88.2 Å². The molecule has 1 saturated heterocycles. The average Bonchev–Trinajstić information content (AvgIpc) is 3.29. The Labute approximate surface area is 221 Å². The zero-order valence-electron chi connectivity index (χ0n) is 22.7. The first-order chi connectivity index (χ1) is 17.8. The Hall–Kier alpha value is -2.54. The van der Waals surface area contributed by atoms with E-state index in [2.05, 4.69) is 23.1 Å². The molecule has 5 nitrogen and oxygen atoms in total. The third kappa shape index (κ3) is 9.06. The maximum atomic E-state index is 14.0. The Morgan fingerprint density at radius 1 is 1.24 bits per heavy atom. The van der Waals surface area contributed by atoms with Crippen LogP contribution in [-0.4, -0.2) is 54.4 Å². The van der Waals surface area contributed by atoms with Gasteiger partial charge in [-0.2, -0.15) is 0 Å². The monoisotopic (exact) mass is 511 g/mol. The second-order valence-electron chi connectivity index (χ2n) is 10.1. The number of aliphatic hydroxyl groups excluding tert-OH is 1. The molecule has 0 aliphatic carbocycles. The third-order valence-corrected chi connectivity index (χ3v) is 6.99. The fourth-order valence-electron chi connectivity index (χ4n) is 4.92. The maximum absolute atomic E-state index is 14.0. The minimum Gasteiger partial charge on any atom is -0.466 e. The van der Waals surface area contributed by atoms with E-state index in [9.17, 15) is 14.3 Å². The lowest BCUT2D eigenvalue weighted by Crippen LogP contribution is -2.39. The molecule has 0 radical (unpaired) electrons. The number of nitrogens with zero attached hydrogens (tertiary/aromatic N) is 1. The van der Waals surface area contributed by atoms with Gasteiger partial charge in [0.15, 0.2) is 0 Å². The molecule has 0 bridgehead atoms. The smallest absolute Gasteiger partial charge is 0.306 e. The van der Waals surface area contributed by atoms with Crippen LogP contribution in [0.1, 0.15) is 73.5 Å². The highest BCUT2D eigenvalue weighted by atomic mass is 19.1. The van der Waals surface area contributed by atoms with E-state index in [0.717, 1.165) is 48.1 Å². The molecule has 1 fully saturated rings. The van der Waals surface area contributed by atoms with Crippen molar-refractivity contribution in [2.75, 3.05) is 26.3 Å². The summed E-state index contributed by atoms with van der Waals surface area (Å²) in [7, 11) is 0. The lowest BCUT2D eigenvalue weighted by Gasteiger charge is -2.27. The molecule has 0 saturated carbocycles. The summed E-state index contributed by atoms with van der Waals surface area (Å²) in [5.74, 6) is -0.345. The highest BCUT2D eigenvalue weighted by molar-refractivity contribution is 5.69. The highest BCUT2D eigenvalue weighted by Gasteiger charge is 2.27. The summed E-state index contributed by atoms with van der Waals surface area (Å²) < 4.78 is 25.1. The van der Waals surface area contributed by atoms with Crippen LogP contribution in [0.5, 0.6) is 0 Å². The van der Waals surface area contributed by atoms with Crippen molar-refractivity contribution in [1.29, 1.82) is 0 Å². The summed E-state index contributed by atoms with van der Waals surface area (Å²) >= 11 is 0. The number of aliphatic hydroxyl groups is 1. The highest BCUT2D eigenvalue weighted by Crippen LogP contribution is 2.26. The van der Waals surface area contributed by atoms with E-state index < -0.39 is 6.10 Å². The Morgan fingerprint density at radius 3 is 2.81 bits per heavy atom. The molecular weight excluding hydrogens is 469 g/mol. The van der Waals surface area contributed by atoms with E-state index in [4.69, 9.17) is 9.47 Å². The summed E-state index contributed by atoms with van der Waals surface area (Å²) in [6, 6.07) is 12.0. The van der Waals surface area contributed by atoms with Crippen LogP contribution in [-0.2, 0) is 20.7 Å². The van der Waals surface area contributed by atoms with Gasteiger partial charge >= 0.3 is 5.97 Å². The Kier molecular flexibility index (Phi) is 11.3. The first-order valence-corrected chi connectivity index (χ1v) is 13.5. The Bertz CT molecular complexity index is 1050. The van der Waals surface area contributed by atoms with Crippen LogP contribution in [0.25, 0.3) is 6.08 Å². The van der Waals surface area contributed by atoms with Crippen molar-refractivity contribution in [3.63, 3.8) is 0 Å². The topological polar surface area (TPSA) is 59.0 Å². The molecule has 2 aromatic carbocycles. The van der Waals surface area contributed by atoms with Crippen molar-refractivity contribution >= 4 is 12.0 Å². The molecule has 2 aromatic rings. The number of ether oxygens (including phenoxy) is 2. The quantitative estimate of drug-likeness (QED) is 0.337. The normalized spacial score (nSPS) is 17.8. The standard InChI is InChI=1S/C31H42FNO4/c1-5-36-31(35)11-7-6-9-26-17-22(2)12-15-29(26)24(4)37-21-28(34)20-33-16-8-10-27(33)18-25-14-13-23(3)30(32)19-25/h6,9,12-15,17,19,24,27-28,34H,5,7-8,10-11,16,18,20-21H2,1-4H3/b9-6+/t24-,27+,28-/m1/s1. The summed E-state index contributed by atoms with van der Waals surface area (Å²) in [6.45, 7) is 9.75. The lowest BCUT2D eigenvalue weighted by molar-refractivity contribution is -0.143. The van der Waals surface area contributed by atoms with E-state index in [1.54, 1.807) is 13.0 Å². The molecule has 3 rings (SSSR count). The van der Waals surface area contributed by atoms with Gasteiger partial charge in [0.25, 0.3) is 0 Å². The minimum absolute atomic E-state index is 0.159. The molecule has 1 aliphatic heterocycles. The number of hydrogen-bond acceptors (Lipinski definition) is 5. The second-order valence-corrected chi connectivity index (χ2v) is 10.1. The number of allylic oxidation sites excluding steroid dienone is 1. The number of likely N-dealkylation sites (tertiary alicyclic amines) is 1. The predicted molar refractivity (Wildman–Crippen MR) is 146 cm³/mol. The molecule has 0 unspecified atom stereocenters. The third-order valence-electron chi connectivity index (χ3n) is 6.99. The van der Waals surface area contributed by atoms with E-state index in [1.165, 1.54) is 0 Å². The van der Waals surface area contributed by atoms with Gasteiger partial charge in [-0.15, -0.1) is 0 Å². The fourth-order valence-corrected chi connectivity index (χ4v) is 4.92. The van der Waals surface area contributed by atoms with Gasteiger partial charge in [-0.25, -0.2) is 4.39 Å². The van der Waals surface area contributed by atoms with Crippen LogP contribution in [0.15, 0.2) is 42.5 Å². The predicted octanol–water partition coefficient (Wildman–Crippen LogP) is 5.94. The summed E-state index contributed by atoms with van der Waals surface area (Å²) in [6.07, 6.45) is 7.12. The van der Waals surface area contributed by atoms with Crippen LogP contribution < -0.4 is 0 Å². The van der Waals surface area contributed by atoms with Gasteiger partial charge in [0.05, 0.1) is 25.4 Å².